The number of nitrogen functional groups attached to an aromatic ring is 2. The van der Waals surface area contributed by atoms with E-state index in [9.17, 15) is 15.3 Å². The fourth-order valence-corrected chi connectivity index (χ4v) is 7.61. The van der Waals surface area contributed by atoms with Gasteiger partial charge in [-0.3, -0.25) is 0 Å². The first kappa shape index (κ1) is 34.0. The number of hydrogen-bond acceptors (Lipinski definition) is 17. The minimum Gasteiger partial charge on any atom is -0.434 e. The van der Waals surface area contributed by atoms with Crippen LogP contribution in [0.1, 0.15) is 64.1 Å². The largest absolute Gasteiger partial charge is 0.508 e. The summed E-state index contributed by atoms with van der Waals surface area (Å²) in [5.74, 6) is -1.48. The molecule has 0 saturated carbocycles. The van der Waals surface area contributed by atoms with Gasteiger partial charge in [0.2, 0.25) is 0 Å². The Morgan fingerprint density at radius 2 is 1.15 bits per heavy atom. The fraction of sp³-hybridized carbons (Fsp3) is 0.545. The van der Waals surface area contributed by atoms with Crippen molar-refractivity contribution in [3.63, 3.8) is 0 Å². The van der Waals surface area contributed by atoms with E-state index in [0.29, 0.717) is 22.4 Å². The van der Waals surface area contributed by atoms with Crippen LogP contribution < -0.4 is 11.5 Å². The molecular weight excluding hydrogens is 680 g/mol. The first-order valence-corrected chi connectivity index (χ1v) is 16.6. The Morgan fingerprint density at radius 1 is 0.731 bits per heavy atom. The number of hydrogen-bond donors (Lipinski definition) is 2. The molecule has 4 aliphatic heterocycles. The van der Waals surface area contributed by atoms with Crippen LogP contribution in [-0.2, 0) is 37.9 Å². The number of carbonyl (C=O) groups is 1. The van der Waals surface area contributed by atoms with Gasteiger partial charge >= 0.3 is 6.16 Å². The highest BCUT2D eigenvalue weighted by Crippen LogP contribution is 2.52. The summed E-state index contributed by atoms with van der Waals surface area (Å²) in [6, 6.07) is 11.5. The van der Waals surface area contributed by atoms with Crippen LogP contribution in [0.3, 0.4) is 0 Å². The van der Waals surface area contributed by atoms with E-state index >= 15 is 0 Å². The Kier molecular flexibility index (Phi) is 7.81. The number of carbonyl (C=O) groups excluding carboxylic acids is 1. The number of rotatable bonds is 8. The van der Waals surface area contributed by atoms with Crippen LogP contribution in [0.15, 0.2) is 36.9 Å². The minimum atomic E-state index is -1.55. The van der Waals surface area contributed by atoms with Crippen molar-refractivity contribution < 1.29 is 42.7 Å². The predicted molar refractivity (Wildman–Crippen MR) is 173 cm³/mol. The first-order valence-electron chi connectivity index (χ1n) is 16.6. The Bertz CT molecular complexity index is 1990. The molecule has 4 unspecified atom stereocenters. The standard InChI is InChI=1S/C33H36N10O9/c1-30(2)47-23-21(17-5-7-19-27(36)38-15-40-42(17)19)49-32(13-34,25(23)51-30)9-11-45-29(44)46-12-10-33(14-35)26-24(48-31(3,4)52-26)22(50-33)18-6-8-20-28(37)39-16-41-43(18)20/h5-8,15-16,21-26H,9-12H2,1-4H3,(H2,36,38,40)(H2,37,39,41)/t21-,22-,23?,24?,25?,26?,32+,33+/m0/s1. The molecule has 4 aromatic rings. The molecule has 272 valence electrons. The van der Waals surface area contributed by atoms with Gasteiger partial charge in [-0.15, -0.1) is 0 Å². The lowest BCUT2D eigenvalue weighted by Crippen LogP contribution is -2.43. The van der Waals surface area contributed by atoms with E-state index in [1.54, 1.807) is 61.0 Å². The predicted octanol–water partition coefficient (Wildman–Crippen LogP) is 2.28. The molecule has 52 heavy (non-hydrogen) atoms. The van der Waals surface area contributed by atoms with E-state index in [4.69, 9.17) is 49.4 Å². The maximum Gasteiger partial charge on any atom is 0.508 e. The second-order valence-electron chi connectivity index (χ2n) is 14.0. The molecule has 0 aliphatic carbocycles. The van der Waals surface area contributed by atoms with E-state index < -0.39 is 65.6 Å². The molecule has 4 N–H and O–H groups in total. The van der Waals surface area contributed by atoms with E-state index in [1.165, 1.54) is 12.7 Å². The van der Waals surface area contributed by atoms with Crippen LogP contribution >= 0.6 is 0 Å². The lowest BCUT2D eigenvalue weighted by Gasteiger charge is -2.29. The van der Waals surface area contributed by atoms with Crippen molar-refractivity contribution in [1.82, 2.24) is 29.2 Å². The van der Waals surface area contributed by atoms with Gasteiger partial charge in [0.15, 0.2) is 34.4 Å². The monoisotopic (exact) mass is 716 g/mol. The number of aromatic nitrogens is 6. The summed E-state index contributed by atoms with van der Waals surface area (Å²) < 4.78 is 51.5. The van der Waals surface area contributed by atoms with Gasteiger partial charge < -0.3 is 49.4 Å². The molecule has 0 amide bonds. The van der Waals surface area contributed by atoms with Crippen molar-refractivity contribution in [2.75, 3.05) is 24.7 Å². The molecule has 4 saturated heterocycles. The smallest absolute Gasteiger partial charge is 0.434 e. The summed E-state index contributed by atoms with van der Waals surface area (Å²) in [7, 11) is 0. The zero-order chi connectivity index (χ0) is 36.6. The molecular formula is C33H36N10O9. The van der Waals surface area contributed by atoms with Crippen molar-refractivity contribution in [3.05, 3.63) is 48.3 Å². The first-order chi connectivity index (χ1) is 24.8. The topological polar surface area (TPSA) is 251 Å². The molecule has 0 aromatic carbocycles. The van der Waals surface area contributed by atoms with Crippen molar-refractivity contribution in [1.29, 1.82) is 10.5 Å². The summed E-state index contributed by atoms with van der Waals surface area (Å²) in [4.78, 5) is 20.9. The van der Waals surface area contributed by atoms with Gasteiger partial charge in [0.25, 0.3) is 0 Å². The lowest BCUT2D eigenvalue weighted by atomic mass is 9.92. The second-order valence-corrected chi connectivity index (χ2v) is 14.0. The summed E-state index contributed by atoms with van der Waals surface area (Å²) in [6.07, 6.45) is -3.03. The Morgan fingerprint density at radius 3 is 1.56 bits per heavy atom. The van der Waals surface area contributed by atoms with Gasteiger partial charge in [-0.05, 0) is 52.0 Å². The third kappa shape index (κ3) is 5.36. The van der Waals surface area contributed by atoms with Crippen LogP contribution in [0.2, 0.25) is 0 Å². The van der Waals surface area contributed by atoms with E-state index in [-0.39, 0.29) is 37.7 Å². The third-order valence-corrected chi connectivity index (χ3v) is 9.82. The molecule has 4 aliphatic rings. The van der Waals surface area contributed by atoms with Gasteiger partial charge in [0.05, 0.1) is 24.6 Å². The molecule has 8 rings (SSSR count). The third-order valence-electron chi connectivity index (χ3n) is 9.82. The van der Waals surface area contributed by atoms with Gasteiger partial charge in [-0.25, -0.2) is 23.8 Å². The van der Waals surface area contributed by atoms with Crippen LogP contribution in [0.4, 0.5) is 16.4 Å². The molecule has 0 bridgehead atoms. The van der Waals surface area contributed by atoms with Crippen molar-refractivity contribution in [3.8, 4) is 12.1 Å². The second kappa shape index (κ2) is 12.0. The van der Waals surface area contributed by atoms with Crippen LogP contribution in [0.5, 0.6) is 0 Å². The molecule has 4 fully saturated rings. The number of nitrogens with two attached hydrogens (primary N) is 2. The van der Waals surface area contributed by atoms with Gasteiger partial charge in [0, 0.05) is 12.8 Å². The number of nitriles is 2. The van der Waals surface area contributed by atoms with Gasteiger partial charge in [-0.1, -0.05) is 0 Å². The normalized spacial score (nSPS) is 32.7. The average molecular weight is 717 g/mol. The van der Waals surface area contributed by atoms with Crippen LogP contribution in [-0.4, -0.2) is 95.8 Å². The van der Waals surface area contributed by atoms with Crippen molar-refractivity contribution in [2.45, 2.75) is 99.9 Å². The summed E-state index contributed by atoms with van der Waals surface area (Å²) >= 11 is 0. The Labute approximate surface area is 296 Å². The lowest BCUT2D eigenvalue weighted by molar-refractivity contribution is -0.202. The molecule has 19 nitrogen and oxygen atoms in total. The van der Waals surface area contributed by atoms with Crippen molar-refractivity contribution >= 4 is 28.8 Å². The van der Waals surface area contributed by atoms with Crippen LogP contribution in [0, 0.1) is 22.7 Å². The Balaban J connectivity index is 0.932. The molecule has 19 heteroatoms. The van der Waals surface area contributed by atoms with E-state index in [1.807, 2.05) is 0 Å². The molecule has 0 spiro atoms. The quantitative estimate of drug-likeness (QED) is 0.248. The highest BCUT2D eigenvalue weighted by Gasteiger charge is 2.65. The number of anilines is 2. The molecule has 4 aromatic heterocycles. The summed E-state index contributed by atoms with van der Waals surface area (Å²) in [5.41, 5.74) is 11.3. The fourth-order valence-electron chi connectivity index (χ4n) is 7.61. The van der Waals surface area contributed by atoms with Crippen LogP contribution in [0.25, 0.3) is 11.0 Å². The zero-order valence-electron chi connectivity index (χ0n) is 28.7. The molecule has 8 atom stereocenters. The number of fused-ring (bicyclic) bond motifs is 4. The maximum atomic E-state index is 12.8. The molecule has 8 heterocycles. The van der Waals surface area contributed by atoms with E-state index in [0.717, 1.165) is 0 Å². The van der Waals surface area contributed by atoms with Gasteiger partial charge in [-0.2, -0.15) is 20.7 Å². The molecule has 0 radical (unpaired) electrons. The average Bonchev–Trinajstić information content (AvgIpc) is 3.93. The maximum absolute atomic E-state index is 12.8. The summed E-state index contributed by atoms with van der Waals surface area (Å²) in [5, 5.41) is 29.5. The SMILES string of the molecule is CC1(C)OC2C(O1)[C@](C#N)(CCOC(=O)OCC[C@]1(C#N)O[C@@H](c3ccc4c(N)ncnn34)C3OC(C)(C)OC31)O[C@H]2c1ccc2c(N)ncnn12. The highest BCUT2D eigenvalue weighted by atomic mass is 16.8. The number of nitrogens with zero attached hydrogens (tertiary/aromatic N) is 8. The van der Waals surface area contributed by atoms with E-state index in [2.05, 4.69) is 32.3 Å². The zero-order valence-corrected chi connectivity index (χ0v) is 28.7. The number of ether oxygens (including phenoxy) is 8. The Hall–Kier alpha value is -5.15. The summed E-state index contributed by atoms with van der Waals surface area (Å²) in [6.45, 7) is 6.49. The van der Waals surface area contributed by atoms with Crippen molar-refractivity contribution in [2.24, 2.45) is 0 Å². The highest BCUT2D eigenvalue weighted by molar-refractivity contribution is 5.66. The minimum absolute atomic E-state index is 0.0631. The van der Waals surface area contributed by atoms with Gasteiger partial charge in [0.1, 0.15) is 72.5 Å².